The molecule has 0 aromatic carbocycles. The van der Waals surface area contributed by atoms with Crippen LogP contribution >= 0.6 is 0 Å². The van der Waals surface area contributed by atoms with E-state index in [1.165, 1.54) is 0 Å². The second-order valence-electron chi connectivity index (χ2n) is 4.00. The number of carbonyl (C=O) groups is 2. The van der Waals surface area contributed by atoms with E-state index in [4.69, 9.17) is 4.52 Å². The zero-order chi connectivity index (χ0) is 17.0. The van der Waals surface area contributed by atoms with Crippen molar-refractivity contribution in [3.05, 3.63) is 29.8 Å². The Kier molecular flexibility index (Phi) is 4.57. The third-order valence-electron chi connectivity index (χ3n) is 2.51. The molecule has 0 N–H and O–H groups in total. The maximum absolute atomic E-state index is 12.9. The lowest BCUT2D eigenvalue weighted by molar-refractivity contribution is -0.166. The smallest absolute Gasteiger partial charge is 0.417 e. The van der Waals surface area contributed by atoms with Gasteiger partial charge in [0.1, 0.15) is 0 Å². The summed E-state index contributed by atoms with van der Waals surface area (Å²) in [6.07, 6.45) is -2.74. The highest BCUT2D eigenvalue weighted by atomic mass is 19.4. The van der Waals surface area contributed by atoms with Crippen LogP contribution in [-0.4, -0.2) is 34.2 Å². The van der Waals surface area contributed by atoms with Crippen molar-refractivity contribution in [1.29, 1.82) is 0 Å². The Morgan fingerprint density at radius 1 is 1.30 bits per heavy atom. The van der Waals surface area contributed by atoms with Crippen molar-refractivity contribution < 1.29 is 36.8 Å². The third-order valence-corrected chi connectivity index (χ3v) is 2.51. The molecule has 122 valence electrons. The Bertz CT molecular complexity index is 729. The van der Waals surface area contributed by atoms with Crippen molar-refractivity contribution in [3.63, 3.8) is 0 Å². The molecule has 0 aliphatic heterocycles. The number of pyridine rings is 1. The Labute approximate surface area is 126 Å². The molecular weight excluding hydrogens is 323 g/mol. The van der Waals surface area contributed by atoms with Crippen LogP contribution in [0.4, 0.5) is 13.2 Å². The van der Waals surface area contributed by atoms with Crippen LogP contribution in [0.1, 0.15) is 11.4 Å². The zero-order valence-corrected chi connectivity index (χ0v) is 11.5. The van der Waals surface area contributed by atoms with E-state index in [1.54, 1.807) is 0 Å². The molecule has 0 saturated heterocycles. The molecule has 0 atom stereocenters. The number of carbonyl (C=O) groups excluding carboxylic acids is 2. The minimum atomic E-state index is -4.63. The number of aromatic nitrogens is 3. The van der Waals surface area contributed by atoms with E-state index in [9.17, 15) is 22.8 Å². The zero-order valence-electron chi connectivity index (χ0n) is 11.5. The molecule has 0 bridgehead atoms. The van der Waals surface area contributed by atoms with Crippen molar-refractivity contribution in [3.8, 4) is 11.5 Å². The molecule has 0 aliphatic rings. The van der Waals surface area contributed by atoms with Gasteiger partial charge >= 0.3 is 18.1 Å². The van der Waals surface area contributed by atoms with Gasteiger partial charge in [0.2, 0.25) is 5.82 Å². The maximum atomic E-state index is 12.9. The molecular formula is C12H8F3N3O5. The average molecular weight is 331 g/mol. The van der Waals surface area contributed by atoms with Gasteiger partial charge in [0.05, 0.1) is 18.2 Å². The first-order valence-electron chi connectivity index (χ1n) is 5.92. The van der Waals surface area contributed by atoms with Gasteiger partial charge in [0.25, 0.3) is 5.89 Å². The average Bonchev–Trinajstić information content (AvgIpc) is 2.99. The minimum Gasteiger partial charge on any atom is -0.461 e. The standard InChI is InChI=1S/C12H8F3N3O5/c1-21-10(19)11(20)22-5-8-17-9(23-18-8)6-4-16-3-2-7(6)12(13,14)15/h2-4H,5H2,1H3. The lowest BCUT2D eigenvalue weighted by Gasteiger charge is -2.08. The predicted molar refractivity (Wildman–Crippen MR) is 64.3 cm³/mol. The molecule has 2 aromatic rings. The van der Waals surface area contributed by atoms with Crippen molar-refractivity contribution in [2.45, 2.75) is 12.8 Å². The normalized spacial score (nSPS) is 11.1. The first-order valence-corrected chi connectivity index (χ1v) is 5.92. The number of hydrogen-bond acceptors (Lipinski definition) is 8. The summed E-state index contributed by atoms with van der Waals surface area (Å²) in [6.45, 7) is -0.570. The first kappa shape index (κ1) is 16.4. The fourth-order valence-corrected chi connectivity index (χ4v) is 1.51. The Morgan fingerprint density at radius 3 is 2.70 bits per heavy atom. The SMILES string of the molecule is COC(=O)C(=O)OCc1noc(-c2cnccc2C(F)(F)F)n1. The summed E-state index contributed by atoms with van der Waals surface area (Å²) in [5.41, 5.74) is -1.42. The van der Waals surface area contributed by atoms with E-state index < -0.39 is 41.7 Å². The molecule has 8 nitrogen and oxygen atoms in total. The van der Waals surface area contributed by atoms with E-state index in [0.717, 1.165) is 25.6 Å². The fraction of sp³-hybridized carbons (Fsp3) is 0.250. The topological polar surface area (TPSA) is 104 Å². The van der Waals surface area contributed by atoms with E-state index in [2.05, 4.69) is 24.6 Å². The summed E-state index contributed by atoms with van der Waals surface area (Å²) in [5, 5.41) is 3.36. The van der Waals surface area contributed by atoms with E-state index in [0.29, 0.717) is 0 Å². The number of esters is 2. The van der Waals surface area contributed by atoms with Gasteiger partial charge in [-0.05, 0) is 6.07 Å². The lowest BCUT2D eigenvalue weighted by atomic mass is 10.1. The number of rotatable bonds is 3. The van der Waals surface area contributed by atoms with Gasteiger partial charge in [-0.25, -0.2) is 9.59 Å². The number of halogens is 3. The third kappa shape index (κ3) is 3.81. The van der Waals surface area contributed by atoms with Gasteiger partial charge in [-0.2, -0.15) is 18.2 Å². The van der Waals surface area contributed by atoms with Crippen LogP contribution in [-0.2, 0) is 31.8 Å². The van der Waals surface area contributed by atoms with Crippen molar-refractivity contribution in [2.24, 2.45) is 0 Å². The van der Waals surface area contributed by atoms with Crippen LogP contribution in [0.15, 0.2) is 23.0 Å². The number of nitrogens with zero attached hydrogens (tertiary/aromatic N) is 3. The van der Waals surface area contributed by atoms with Gasteiger partial charge in [0, 0.05) is 12.4 Å². The van der Waals surface area contributed by atoms with E-state index in [1.807, 2.05) is 0 Å². The number of hydrogen-bond donors (Lipinski definition) is 0. The van der Waals surface area contributed by atoms with Gasteiger partial charge in [-0.15, -0.1) is 0 Å². The quantitative estimate of drug-likeness (QED) is 0.613. The molecule has 23 heavy (non-hydrogen) atoms. The molecule has 2 rings (SSSR count). The molecule has 0 radical (unpaired) electrons. The highest BCUT2D eigenvalue weighted by Crippen LogP contribution is 2.35. The van der Waals surface area contributed by atoms with Crippen LogP contribution in [0.2, 0.25) is 0 Å². The van der Waals surface area contributed by atoms with E-state index in [-0.39, 0.29) is 5.82 Å². The van der Waals surface area contributed by atoms with Gasteiger partial charge in [-0.1, -0.05) is 5.16 Å². The summed E-state index contributed by atoms with van der Waals surface area (Å²) in [7, 11) is 0.983. The molecule has 0 amide bonds. The van der Waals surface area contributed by atoms with Gasteiger partial charge < -0.3 is 14.0 Å². The maximum Gasteiger partial charge on any atom is 0.417 e. The lowest BCUT2D eigenvalue weighted by Crippen LogP contribution is -2.18. The summed E-state index contributed by atoms with van der Waals surface area (Å²) in [5.74, 6) is -3.21. The number of alkyl halides is 3. The Morgan fingerprint density at radius 2 is 2.04 bits per heavy atom. The first-order chi connectivity index (χ1) is 10.8. The molecule has 0 spiro atoms. The van der Waals surface area contributed by atoms with Crippen LogP contribution in [0.3, 0.4) is 0 Å². The number of methoxy groups -OCH3 is 1. The number of ether oxygens (including phenoxy) is 2. The van der Waals surface area contributed by atoms with Crippen molar-refractivity contribution in [2.75, 3.05) is 7.11 Å². The molecule has 0 fully saturated rings. The fourth-order valence-electron chi connectivity index (χ4n) is 1.51. The minimum absolute atomic E-state index is 0.228. The second kappa shape index (κ2) is 6.42. The molecule has 2 heterocycles. The molecule has 2 aromatic heterocycles. The van der Waals surface area contributed by atoms with Crippen molar-refractivity contribution >= 4 is 11.9 Å². The summed E-state index contributed by atoms with van der Waals surface area (Å²) in [6, 6.07) is 0.760. The van der Waals surface area contributed by atoms with Crippen LogP contribution in [0.5, 0.6) is 0 Å². The highest BCUT2D eigenvalue weighted by molar-refractivity contribution is 6.29. The molecule has 0 saturated carbocycles. The predicted octanol–water partition coefficient (Wildman–Crippen LogP) is 1.37. The molecule has 0 unspecified atom stereocenters. The monoisotopic (exact) mass is 331 g/mol. The van der Waals surface area contributed by atoms with Crippen LogP contribution in [0.25, 0.3) is 11.5 Å². The van der Waals surface area contributed by atoms with Crippen molar-refractivity contribution in [1.82, 2.24) is 15.1 Å². The van der Waals surface area contributed by atoms with Crippen LogP contribution < -0.4 is 0 Å². The highest BCUT2D eigenvalue weighted by Gasteiger charge is 2.35. The van der Waals surface area contributed by atoms with Gasteiger partial charge in [0.15, 0.2) is 6.61 Å². The second-order valence-corrected chi connectivity index (χ2v) is 4.00. The molecule has 11 heteroatoms. The summed E-state index contributed by atoms with van der Waals surface area (Å²) < 4.78 is 52.0. The van der Waals surface area contributed by atoms with E-state index >= 15 is 0 Å². The van der Waals surface area contributed by atoms with Gasteiger partial charge in [-0.3, -0.25) is 4.98 Å². The Balaban J connectivity index is 2.18. The largest absolute Gasteiger partial charge is 0.461 e. The Hall–Kier alpha value is -2.98. The summed E-state index contributed by atoms with van der Waals surface area (Å²) in [4.78, 5) is 29.1. The molecule has 0 aliphatic carbocycles. The summed E-state index contributed by atoms with van der Waals surface area (Å²) >= 11 is 0. The van der Waals surface area contributed by atoms with Crippen LogP contribution in [0, 0.1) is 0 Å².